The number of carbonyl (C=O) groups is 1. The van der Waals surface area contributed by atoms with Crippen LogP contribution in [0.4, 0.5) is 13.2 Å². The summed E-state index contributed by atoms with van der Waals surface area (Å²) in [7, 11) is -1.30. The highest BCUT2D eigenvalue weighted by atomic mass is 32.2. The van der Waals surface area contributed by atoms with E-state index in [4.69, 9.17) is 4.74 Å². The van der Waals surface area contributed by atoms with Crippen molar-refractivity contribution in [2.24, 2.45) is 10.9 Å². The summed E-state index contributed by atoms with van der Waals surface area (Å²) in [6.45, 7) is 8.38. The van der Waals surface area contributed by atoms with Crippen molar-refractivity contribution in [1.82, 2.24) is 13.8 Å². The summed E-state index contributed by atoms with van der Waals surface area (Å²) in [6, 6.07) is 3.03. The third-order valence-corrected chi connectivity index (χ3v) is 9.83. The molecule has 0 bridgehead atoms. The zero-order valence-electron chi connectivity index (χ0n) is 22.8. The molecule has 0 radical (unpaired) electrons. The van der Waals surface area contributed by atoms with Crippen molar-refractivity contribution in [2.45, 2.75) is 57.8 Å². The predicted molar refractivity (Wildman–Crippen MR) is 143 cm³/mol. The summed E-state index contributed by atoms with van der Waals surface area (Å²) in [5.41, 5.74) is -1.44. The summed E-state index contributed by atoms with van der Waals surface area (Å²) < 4.78 is 73.2. The highest BCUT2D eigenvalue weighted by Crippen LogP contribution is 2.33. The average Bonchev–Trinajstić information content (AvgIpc) is 3.38. The van der Waals surface area contributed by atoms with Crippen LogP contribution in [0.1, 0.15) is 54.4 Å². The van der Waals surface area contributed by atoms with Crippen LogP contribution in [0, 0.1) is 5.92 Å². The fourth-order valence-electron chi connectivity index (χ4n) is 4.65. The summed E-state index contributed by atoms with van der Waals surface area (Å²) in [5.74, 6) is -0.718. The Kier molecular flexibility index (Phi) is 8.38. The number of amides is 1. The van der Waals surface area contributed by atoms with Crippen molar-refractivity contribution in [2.75, 3.05) is 39.5 Å². The third kappa shape index (κ3) is 7.11. The van der Waals surface area contributed by atoms with Crippen LogP contribution in [-0.4, -0.2) is 73.7 Å². The van der Waals surface area contributed by atoms with Crippen LogP contribution in [0.3, 0.4) is 0 Å². The molecule has 0 saturated carbocycles. The number of likely N-dealkylation sites (tertiary alicyclic amines) is 1. The second-order valence-electron chi connectivity index (χ2n) is 11.4. The molecule has 3 heterocycles. The number of nitrogens with zero attached hydrogens (tertiary/aromatic N) is 4. The molecule has 0 N–H and O–H groups in total. The van der Waals surface area contributed by atoms with E-state index in [0.29, 0.717) is 24.4 Å². The lowest BCUT2D eigenvalue weighted by Crippen LogP contribution is -2.51. The van der Waals surface area contributed by atoms with E-state index in [-0.39, 0.29) is 35.3 Å². The first kappa shape index (κ1) is 29.8. The van der Waals surface area contributed by atoms with Crippen molar-refractivity contribution in [1.29, 1.82) is 0 Å². The van der Waals surface area contributed by atoms with Gasteiger partial charge < -0.3 is 14.2 Å². The quantitative estimate of drug-likeness (QED) is 0.489. The normalized spacial score (nSPS) is 20.4. The van der Waals surface area contributed by atoms with E-state index < -0.39 is 27.7 Å². The first-order chi connectivity index (χ1) is 18.0. The molecule has 39 heavy (non-hydrogen) atoms. The van der Waals surface area contributed by atoms with E-state index in [1.54, 1.807) is 4.57 Å². The second-order valence-corrected chi connectivity index (χ2v) is 14.4. The van der Waals surface area contributed by atoms with Crippen molar-refractivity contribution in [3.8, 4) is 5.75 Å². The fraction of sp³-hybridized carbons (Fsp3) is 0.615. The minimum absolute atomic E-state index is 0.0343. The van der Waals surface area contributed by atoms with E-state index in [0.717, 1.165) is 42.7 Å². The van der Waals surface area contributed by atoms with Gasteiger partial charge >= 0.3 is 6.18 Å². The molecule has 1 atom stereocenters. The Morgan fingerprint density at radius 1 is 1.21 bits per heavy atom. The number of halogens is 3. The zero-order valence-corrected chi connectivity index (χ0v) is 24.4. The maximum atomic E-state index is 13.5. The van der Waals surface area contributed by atoms with Gasteiger partial charge in [0.05, 0.1) is 17.4 Å². The minimum atomic E-state index is -4.63. The second kappa shape index (κ2) is 11.0. The lowest BCUT2D eigenvalue weighted by molar-refractivity contribution is -0.137. The number of carbonyl (C=O) groups excluding carboxylic acids is 1. The number of rotatable bonds is 7. The number of alkyl halides is 3. The molecule has 1 aromatic heterocycles. The zero-order chi connectivity index (χ0) is 28.8. The van der Waals surface area contributed by atoms with Crippen molar-refractivity contribution >= 4 is 27.3 Å². The maximum absolute atomic E-state index is 13.5. The molecule has 8 nitrogen and oxygen atoms in total. The molecule has 1 amide bonds. The van der Waals surface area contributed by atoms with Gasteiger partial charge in [-0.1, -0.05) is 20.8 Å². The van der Waals surface area contributed by atoms with Crippen LogP contribution in [0.2, 0.25) is 0 Å². The highest BCUT2D eigenvalue weighted by Gasteiger charge is 2.34. The number of aromatic nitrogens is 1. The Morgan fingerprint density at radius 2 is 1.90 bits per heavy atom. The van der Waals surface area contributed by atoms with Crippen LogP contribution in [0.25, 0.3) is 0 Å². The van der Waals surface area contributed by atoms with Gasteiger partial charge in [0.25, 0.3) is 5.91 Å². The Morgan fingerprint density at radius 3 is 2.46 bits per heavy atom. The van der Waals surface area contributed by atoms with Gasteiger partial charge in [0.2, 0.25) is 10.0 Å². The molecule has 0 spiro atoms. The van der Waals surface area contributed by atoms with Gasteiger partial charge in [-0.25, -0.2) is 12.7 Å². The molecule has 216 valence electrons. The number of benzene rings is 1. The Balaban J connectivity index is 1.67. The van der Waals surface area contributed by atoms with Crippen LogP contribution in [-0.2, 0) is 28.2 Å². The molecule has 2 aromatic rings. The van der Waals surface area contributed by atoms with E-state index >= 15 is 0 Å². The van der Waals surface area contributed by atoms with Gasteiger partial charge in [-0.05, 0) is 50.0 Å². The van der Waals surface area contributed by atoms with Crippen molar-refractivity contribution in [3.05, 3.63) is 45.2 Å². The summed E-state index contributed by atoms with van der Waals surface area (Å²) in [5, 5.41) is 0. The maximum Gasteiger partial charge on any atom is 0.416 e. The Bertz CT molecular complexity index is 1390. The number of likely N-dealkylation sites (N-methyl/N-ethyl adjacent to an activating group) is 1. The molecule has 1 aromatic carbocycles. The standard InChI is InChI=1S/C26H35F3N4O4S2/c1-25(2,3)22-15-32(12-17-13-33(14-17)39(5,35)36)24(38-22)30-23(34)20-11-18(26(27,28)29)8-9-21(20)37-16-19-7-6-10-31(19)4/h8-9,11,15,17,19H,6-7,10,12-14,16H2,1-5H3/t19-/m0/s1. The van der Waals surface area contributed by atoms with Crippen LogP contribution in [0.15, 0.2) is 29.4 Å². The van der Waals surface area contributed by atoms with Gasteiger partial charge in [0, 0.05) is 42.7 Å². The van der Waals surface area contributed by atoms with Crippen LogP contribution in [0.5, 0.6) is 5.75 Å². The number of hydrogen-bond acceptors (Lipinski definition) is 6. The topological polar surface area (TPSA) is 84.2 Å². The predicted octanol–water partition coefficient (Wildman–Crippen LogP) is 3.97. The molecule has 2 aliphatic heterocycles. The lowest BCUT2D eigenvalue weighted by Gasteiger charge is -2.37. The van der Waals surface area contributed by atoms with Gasteiger partial charge in [0.1, 0.15) is 12.4 Å². The van der Waals surface area contributed by atoms with Crippen LogP contribution < -0.4 is 9.54 Å². The summed E-state index contributed by atoms with van der Waals surface area (Å²) in [6.07, 6.45) is 0.345. The molecule has 2 fully saturated rings. The van der Waals surface area contributed by atoms with Crippen molar-refractivity contribution < 1.29 is 31.1 Å². The van der Waals surface area contributed by atoms with Gasteiger partial charge in [-0.2, -0.15) is 18.2 Å². The largest absolute Gasteiger partial charge is 0.491 e. The summed E-state index contributed by atoms with van der Waals surface area (Å²) in [4.78, 5) is 21.1. The van der Waals surface area contributed by atoms with Gasteiger partial charge in [-0.3, -0.25) is 4.79 Å². The number of sulfonamides is 1. The third-order valence-electron chi connectivity index (χ3n) is 7.14. The molecule has 2 aliphatic rings. The van der Waals surface area contributed by atoms with Gasteiger partial charge in [-0.15, -0.1) is 11.3 Å². The number of ether oxygens (including phenoxy) is 1. The highest BCUT2D eigenvalue weighted by molar-refractivity contribution is 7.88. The Hall–Kier alpha value is -2.22. The summed E-state index contributed by atoms with van der Waals surface area (Å²) >= 11 is 1.30. The van der Waals surface area contributed by atoms with E-state index in [1.807, 2.05) is 34.0 Å². The molecular weight excluding hydrogens is 553 g/mol. The van der Waals surface area contributed by atoms with E-state index in [9.17, 15) is 26.4 Å². The molecule has 2 saturated heterocycles. The SMILES string of the molecule is CN1CCC[C@H]1COc1ccc(C(F)(F)F)cc1C(=O)N=c1sc(C(C)(C)C)cn1CC1CN(S(C)(=O)=O)C1. The van der Waals surface area contributed by atoms with E-state index in [2.05, 4.69) is 9.89 Å². The lowest BCUT2D eigenvalue weighted by atomic mass is 9.95. The fourth-order valence-corrected chi connectivity index (χ4v) is 6.67. The van der Waals surface area contributed by atoms with Gasteiger partial charge in [0.15, 0.2) is 4.80 Å². The molecule has 0 unspecified atom stereocenters. The van der Waals surface area contributed by atoms with Crippen LogP contribution >= 0.6 is 11.3 Å². The smallest absolute Gasteiger partial charge is 0.416 e. The molecule has 4 rings (SSSR count). The monoisotopic (exact) mass is 588 g/mol. The van der Waals surface area contributed by atoms with Crippen molar-refractivity contribution in [3.63, 3.8) is 0 Å². The van der Waals surface area contributed by atoms with E-state index in [1.165, 1.54) is 21.7 Å². The molecular formula is C26H35F3N4O4S2. The first-order valence-electron chi connectivity index (χ1n) is 12.8. The number of thiazole rings is 1. The first-order valence-corrected chi connectivity index (χ1v) is 15.5. The Labute approximate surface area is 231 Å². The molecule has 0 aliphatic carbocycles. The minimum Gasteiger partial charge on any atom is -0.491 e. The molecule has 13 heteroatoms. The average molecular weight is 589 g/mol. The number of hydrogen-bond donors (Lipinski definition) is 0.